The maximum atomic E-state index is 12.6. The number of nitrogens with one attached hydrogen (secondary N) is 2. The number of aliphatic hydroxyl groups is 1. The lowest BCUT2D eigenvalue weighted by atomic mass is 10.0. The van der Waals surface area contributed by atoms with Gasteiger partial charge in [0.25, 0.3) is 0 Å². The molecular formula is C21H24ClN3O5. The third-order valence-electron chi connectivity index (χ3n) is 4.29. The van der Waals surface area contributed by atoms with Crippen LogP contribution in [0.25, 0.3) is 0 Å². The lowest BCUT2D eigenvalue weighted by Gasteiger charge is -2.23. The second-order valence-electron chi connectivity index (χ2n) is 6.68. The molecule has 0 heterocycles. The number of carbonyl (C=O) groups excluding carboxylic acids is 3. The van der Waals surface area contributed by atoms with Gasteiger partial charge >= 0.3 is 6.09 Å². The average molecular weight is 434 g/mol. The Labute approximate surface area is 179 Å². The highest BCUT2D eigenvalue weighted by molar-refractivity contribution is 6.31. The zero-order valence-corrected chi connectivity index (χ0v) is 17.1. The van der Waals surface area contributed by atoms with Crippen molar-refractivity contribution in [3.05, 3.63) is 70.7 Å². The Bertz CT molecular complexity index is 876. The van der Waals surface area contributed by atoms with Gasteiger partial charge in [-0.15, -0.1) is 0 Å². The van der Waals surface area contributed by atoms with Crippen molar-refractivity contribution >= 4 is 29.5 Å². The van der Waals surface area contributed by atoms with Gasteiger partial charge in [0.1, 0.15) is 18.7 Å². The fraction of sp³-hybridized carbons (Fsp3) is 0.286. The van der Waals surface area contributed by atoms with E-state index >= 15 is 0 Å². The summed E-state index contributed by atoms with van der Waals surface area (Å²) in [6.45, 7) is 1.33. The summed E-state index contributed by atoms with van der Waals surface area (Å²) in [6.07, 6.45) is -2.07. The second-order valence-corrected chi connectivity index (χ2v) is 7.09. The van der Waals surface area contributed by atoms with Crippen LogP contribution < -0.4 is 16.4 Å². The molecule has 3 amide bonds. The van der Waals surface area contributed by atoms with E-state index in [1.807, 2.05) is 6.07 Å². The Kier molecular flexibility index (Phi) is 8.64. The first-order valence-electron chi connectivity index (χ1n) is 9.26. The van der Waals surface area contributed by atoms with Gasteiger partial charge in [-0.3, -0.25) is 9.59 Å². The van der Waals surface area contributed by atoms with Gasteiger partial charge in [-0.2, -0.15) is 0 Å². The second kappa shape index (κ2) is 11.2. The molecule has 8 nitrogen and oxygen atoms in total. The van der Waals surface area contributed by atoms with Crippen LogP contribution in [-0.4, -0.2) is 41.2 Å². The van der Waals surface area contributed by atoms with Crippen LogP contribution in [0, 0.1) is 0 Å². The molecule has 2 aromatic rings. The number of halogens is 1. The number of rotatable bonds is 9. The molecular weight excluding hydrogens is 410 g/mol. The number of amides is 3. The van der Waals surface area contributed by atoms with Crippen LogP contribution in [0.3, 0.4) is 0 Å². The van der Waals surface area contributed by atoms with Crippen LogP contribution in [-0.2, 0) is 27.4 Å². The molecule has 160 valence electrons. The minimum absolute atomic E-state index is 0.00274. The number of nitrogens with two attached hydrogens (primary N) is 1. The predicted octanol–water partition coefficient (Wildman–Crippen LogP) is 1.53. The van der Waals surface area contributed by atoms with Gasteiger partial charge in [0.2, 0.25) is 11.8 Å². The summed E-state index contributed by atoms with van der Waals surface area (Å²) in [6, 6.07) is 13.4. The van der Waals surface area contributed by atoms with Crippen LogP contribution in [0.5, 0.6) is 0 Å². The normalized spacial score (nSPS) is 13.6. The zero-order valence-electron chi connectivity index (χ0n) is 16.4. The molecule has 0 aliphatic carbocycles. The van der Waals surface area contributed by atoms with Crippen molar-refractivity contribution in [1.29, 1.82) is 0 Å². The molecule has 0 spiro atoms. The summed E-state index contributed by atoms with van der Waals surface area (Å²) in [5.41, 5.74) is 6.78. The molecule has 0 radical (unpaired) electrons. The van der Waals surface area contributed by atoms with E-state index in [1.54, 1.807) is 48.5 Å². The van der Waals surface area contributed by atoms with Gasteiger partial charge in [-0.25, -0.2) is 4.79 Å². The maximum Gasteiger partial charge on any atom is 0.408 e. The zero-order chi connectivity index (χ0) is 22.1. The van der Waals surface area contributed by atoms with Crippen LogP contribution in [0.2, 0.25) is 5.02 Å². The third-order valence-corrected chi connectivity index (χ3v) is 4.66. The summed E-state index contributed by atoms with van der Waals surface area (Å²) >= 11 is 6.10. The Balaban J connectivity index is 1.99. The molecule has 0 saturated heterocycles. The van der Waals surface area contributed by atoms with E-state index in [2.05, 4.69) is 10.6 Å². The highest BCUT2D eigenvalue weighted by Gasteiger charge is 2.30. The van der Waals surface area contributed by atoms with Crippen molar-refractivity contribution in [3.8, 4) is 0 Å². The number of carbonyl (C=O) groups is 3. The van der Waals surface area contributed by atoms with Crippen LogP contribution >= 0.6 is 11.6 Å². The Morgan fingerprint density at radius 2 is 1.70 bits per heavy atom. The summed E-state index contributed by atoms with van der Waals surface area (Å²) in [5, 5.41) is 15.1. The van der Waals surface area contributed by atoms with Gasteiger partial charge in [0, 0.05) is 11.4 Å². The minimum atomic E-state index is -1.35. The van der Waals surface area contributed by atoms with Crippen molar-refractivity contribution < 1.29 is 24.2 Å². The largest absolute Gasteiger partial charge is 0.445 e. The molecule has 2 aromatic carbocycles. The molecule has 0 aliphatic rings. The van der Waals surface area contributed by atoms with Crippen molar-refractivity contribution in [2.24, 2.45) is 5.73 Å². The molecule has 0 aromatic heterocycles. The number of hydrogen-bond donors (Lipinski definition) is 4. The highest BCUT2D eigenvalue weighted by atomic mass is 35.5. The Morgan fingerprint density at radius 3 is 2.30 bits per heavy atom. The standard InChI is InChI=1S/C21H24ClN3O5/c1-13(26)18(25-21(29)30-12-14-7-3-2-4-8-14)20(28)24-17(19(23)27)11-15-9-5-6-10-16(15)22/h2-10,13,17-18,26H,11-12H2,1H3,(H2,23,27)(H,24,28)(H,25,29)/t13-,17+,18+/m1/s1. The summed E-state index contributed by atoms with van der Waals surface area (Å²) in [7, 11) is 0. The molecule has 3 atom stereocenters. The van der Waals surface area contributed by atoms with Crippen molar-refractivity contribution in [3.63, 3.8) is 0 Å². The number of primary amides is 1. The predicted molar refractivity (Wildman–Crippen MR) is 112 cm³/mol. The monoisotopic (exact) mass is 433 g/mol. The van der Waals surface area contributed by atoms with Crippen LogP contribution in [0.15, 0.2) is 54.6 Å². The van der Waals surface area contributed by atoms with Gasteiger partial charge in [-0.05, 0) is 24.1 Å². The molecule has 2 rings (SSSR count). The number of hydrogen-bond acceptors (Lipinski definition) is 5. The fourth-order valence-electron chi connectivity index (χ4n) is 2.67. The first-order chi connectivity index (χ1) is 14.3. The number of alkyl carbamates (subject to hydrolysis) is 1. The molecule has 0 unspecified atom stereocenters. The lowest BCUT2D eigenvalue weighted by molar-refractivity contribution is -0.130. The van der Waals surface area contributed by atoms with Gasteiger partial charge in [0.05, 0.1) is 6.10 Å². The molecule has 30 heavy (non-hydrogen) atoms. The fourth-order valence-corrected chi connectivity index (χ4v) is 2.88. The van der Waals surface area contributed by atoms with E-state index < -0.39 is 36.1 Å². The molecule has 0 fully saturated rings. The van der Waals surface area contributed by atoms with Crippen molar-refractivity contribution in [2.75, 3.05) is 0 Å². The Morgan fingerprint density at radius 1 is 1.07 bits per heavy atom. The van der Waals surface area contributed by atoms with Crippen molar-refractivity contribution in [2.45, 2.75) is 38.1 Å². The molecule has 5 N–H and O–H groups in total. The topological polar surface area (TPSA) is 131 Å². The summed E-state index contributed by atoms with van der Waals surface area (Å²) < 4.78 is 5.07. The van der Waals surface area contributed by atoms with E-state index in [0.717, 1.165) is 5.56 Å². The van der Waals surface area contributed by atoms with E-state index in [1.165, 1.54) is 6.92 Å². The molecule has 0 bridgehead atoms. The van der Waals surface area contributed by atoms with E-state index in [0.29, 0.717) is 10.6 Å². The lowest BCUT2D eigenvalue weighted by Crippen LogP contribution is -2.57. The quantitative estimate of drug-likeness (QED) is 0.476. The first kappa shape index (κ1) is 23.2. The molecule has 0 saturated carbocycles. The van der Waals surface area contributed by atoms with Gasteiger partial charge < -0.3 is 26.2 Å². The summed E-state index contributed by atoms with van der Waals surface area (Å²) in [4.78, 5) is 36.5. The van der Waals surface area contributed by atoms with Gasteiger partial charge in [0.15, 0.2) is 0 Å². The van der Waals surface area contributed by atoms with E-state index in [9.17, 15) is 19.5 Å². The average Bonchev–Trinajstić information content (AvgIpc) is 2.71. The minimum Gasteiger partial charge on any atom is -0.445 e. The summed E-state index contributed by atoms with van der Waals surface area (Å²) in [5.74, 6) is -1.56. The van der Waals surface area contributed by atoms with Crippen LogP contribution in [0.1, 0.15) is 18.1 Å². The first-order valence-corrected chi connectivity index (χ1v) is 9.64. The van der Waals surface area contributed by atoms with E-state index in [4.69, 9.17) is 22.1 Å². The Hall–Kier alpha value is -3.10. The SMILES string of the molecule is C[C@@H](O)[C@H](NC(=O)OCc1ccccc1)C(=O)N[C@@H](Cc1ccccc1Cl)C(N)=O. The highest BCUT2D eigenvalue weighted by Crippen LogP contribution is 2.16. The smallest absolute Gasteiger partial charge is 0.408 e. The van der Waals surface area contributed by atoms with Gasteiger partial charge in [-0.1, -0.05) is 60.1 Å². The number of benzene rings is 2. The number of aliphatic hydroxyl groups excluding tert-OH is 1. The molecule has 9 heteroatoms. The van der Waals surface area contributed by atoms with E-state index in [-0.39, 0.29) is 13.0 Å². The third kappa shape index (κ3) is 7.06. The van der Waals surface area contributed by atoms with Crippen LogP contribution in [0.4, 0.5) is 4.79 Å². The van der Waals surface area contributed by atoms with Crippen molar-refractivity contribution in [1.82, 2.24) is 10.6 Å². The maximum absolute atomic E-state index is 12.6. The number of ether oxygens (including phenoxy) is 1. The molecule has 0 aliphatic heterocycles.